The molecule has 0 spiro atoms. The van der Waals surface area contributed by atoms with Crippen molar-refractivity contribution in [3.63, 3.8) is 0 Å². The Balaban J connectivity index is 1.92. The van der Waals surface area contributed by atoms with Gasteiger partial charge < -0.3 is 10.1 Å². The third-order valence-corrected chi connectivity index (χ3v) is 4.07. The van der Waals surface area contributed by atoms with Gasteiger partial charge in [0.05, 0.1) is 23.0 Å². The Kier molecular flexibility index (Phi) is 4.61. The van der Waals surface area contributed by atoms with Crippen molar-refractivity contribution in [2.45, 2.75) is 20.0 Å². The summed E-state index contributed by atoms with van der Waals surface area (Å²) in [7, 11) is 3.64. The molecule has 0 fully saturated rings. The van der Waals surface area contributed by atoms with Crippen LogP contribution in [-0.4, -0.2) is 16.9 Å². The van der Waals surface area contributed by atoms with Crippen molar-refractivity contribution >= 4 is 15.9 Å². The minimum absolute atomic E-state index is 0.782. The van der Waals surface area contributed by atoms with Gasteiger partial charge in [0.25, 0.3) is 0 Å². The van der Waals surface area contributed by atoms with Gasteiger partial charge in [-0.25, -0.2) is 0 Å². The van der Waals surface area contributed by atoms with Crippen LogP contribution in [0.3, 0.4) is 0 Å². The molecule has 0 aliphatic rings. The third-order valence-electron chi connectivity index (χ3n) is 3.04. The lowest BCUT2D eigenvalue weighted by atomic mass is 10.2. The van der Waals surface area contributed by atoms with Crippen LogP contribution in [0.4, 0.5) is 0 Å². The van der Waals surface area contributed by atoms with E-state index in [0.29, 0.717) is 0 Å². The maximum absolute atomic E-state index is 5.14. The normalized spacial score (nSPS) is 10.7. The van der Waals surface area contributed by atoms with E-state index in [-0.39, 0.29) is 0 Å². The SMILES string of the molecule is COc1ccc(CNCc2c(Br)c(C)nn2C)cc1. The van der Waals surface area contributed by atoms with Gasteiger partial charge in [0, 0.05) is 20.1 Å². The number of aryl methyl sites for hydroxylation is 2. The van der Waals surface area contributed by atoms with Crippen LogP contribution in [0.25, 0.3) is 0 Å². The van der Waals surface area contributed by atoms with Gasteiger partial charge in [0.1, 0.15) is 5.75 Å². The highest BCUT2D eigenvalue weighted by Gasteiger charge is 2.09. The number of halogens is 1. The van der Waals surface area contributed by atoms with E-state index in [1.165, 1.54) is 5.56 Å². The molecule has 0 atom stereocenters. The summed E-state index contributed by atoms with van der Waals surface area (Å²) < 4.78 is 8.12. The van der Waals surface area contributed by atoms with Gasteiger partial charge in [-0.3, -0.25) is 4.68 Å². The molecule has 0 radical (unpaired) electrons. The molecule has 2 rings (SSSR count). The lowest BCUT2D eigenvalue weighted by Gasteiger charge is -2.07. The lowest BCUT2D eigenvalue weighted by molar-refractivity contribution is 0.414. The van der Waals surface area contributed by atoms with Gasteiger partial charge in [-0.2, -0.15) is 5.10 Å². The number of ether oxygens (including phenoxy) is 1. The smallest absolute Gasteiger partial charge is 0.118 e. The van der Waals surface area contributed by atoms with Crippen LogP contribution >= 0.6 is 15.9 Å². The average Bonchev–Trinajstić information content (AvgIpc) is 2.66. The van der Waals surface area contributed by atoms with E-state index >= 15 is 0 Å². The van der Waals surface area contributed by atoms with Crippen LogP contribution in [0.2, 0.25) is 0 Å². The maximum Gasteiger partial charge on any atom is 0.118 e. The zero-order valence-electron chi connectivity index (χ0n) is 11.4. The molecular weight excluding hydrogens is 306 g/mol. The highest BCUT2D eigenvalue weighted by molar-refractivity contribution is 9.10. The van der Waals surface area contributed by atoms with E-state index in [1.54, 1.807) is 7.11 Å². The van der Waals surface area contributed by atoms with Gasteiger partial charge in [0.15, 0.2) is 0 Å². The Bertz CT molecular complexity index is 549. The van der Waals surface area contributed by atoms with Crippen molar-refractivity contribution in [1.82, 2.24) is 15.1 Å². The van der Waals surface area contributed by atoms with E-state index in [4.69, 9.17) is 4.74 Å². The number of benzene rings is 1. The van der Waals surface area contributed by atoms with Gasteiger partial charge in [-0.15, -0.1) is 0 Å². The first-order valence-corrected chi connectivity index (χ1v) is 6.92. The molecule has 5 heteroatoms. The van der Waals surface area contributed by atoms with Crippen molar-refractivity contribution in [3.05, 3.63) is 45.7 Å². The van der Waals surface area contributed by atoms with E-state index in [2.05, 4.69) is 38.5 Å². The molecule has 0 saturated heterocycles. The first-order valence-electron chi connectivity index (χ1n) is 6.13. The number of hydrogen-bond donors (Lipinski definition) is 1. The molecule has 0 bridgehead atoms. The maximum atomic E-state index is 5.14. The second-order valence-corrected chi connectivity index (χ2v) is 5.21. The molecule has 1 aromatic carbocycles. The van der Waals surface area contributed by atoms with Crippen LogP contribution in [0.15, 0.2) is 28.7 Å². The van der Waals surface area contributed by atoms with Gasteiger partial charge in [-0.05, 0) is 40.5 Å². The van der Waals surface area contributed by atoms with Crippen molar-refractivity contribution in [2.24, 2.45) is 7.05 Å². The summed E-state index contributed by atoms with van der Waals surface area (Å²) in [5, 5.41) is 7.79. The van der Waals surface area contributed by atoms with Crippen LogP contribution < -0.4 is 10.1 Å². The largest absolute Gasteiger partial charge is 0.497 e. The number of hydrogen-bond acceptors (Lipinski definition) is 3. The van der Waals surface area contributed by atoms with Crippen LogP contribution in [0.5, 0.6) is 5.75 Å². The average molecular weight is 324 g/mol. The number of aromatic nitrogens is 2. The number of nitrogens with zero attached hydrogens (tertiary/aromatic N) is 2. The summed E-state index contributed by atoms with van der Waals surface area (Å²) in [5.74, 6) is 0.883. The molecule has 1 aromatic heterocycles. The Morgan fingerprint density at radius 1 is 1.26 bits per heavy atom. The van der Waals surface area contributed by atoms with Crippen LogP contribution in [0.1, 0.15) is 17.0 Å². The van der Waals surface area contributed by atoms with Gasteiger partial charge in [0.2, 0.25) is 0 Å². The number of rotatable bonds is 5. The van der Waals surface area contributed by atoms with Crippen molar-refractivity contribution in [3.8, 4) is 5.75 Å². The standard InChI is InChI=1S/C14H18BrN3O/c1-10-14(15)13(18(2)17-10)9-16-8-11-4-6-12(19-3)7-5-11/h4-7,16H,8-9H2,1-3H3. The molecule has 4 nitrogen and oxygen atoms in total. The highest BCUT2D eigenvalue weighted by Crippen LogP contribution is 2.20. The Hall–Kier alpha value is -1.33. The molecule has 0 aliphatic carbocycles. The fourth-order valence-electron chi connectivity index (χ4n) is 1.94. The summed E-state index contributed by atoms with van der Waals surface area (Å²) in [4.78, 5) is 0. The second kappa shape index (κ2) is 6.21. The van der Waals surface area contributed by atoms with Crippen molar-refractivity contribution in [2.75, 3.05) is 7.11 Å². The van der Waals surface area contributed by atoms with E-state index < -0.39 is 0 Å². The lowest BCUT2D eigenvalue weighted by Crippen LogP contribution is -2.15. The van der Waals surface area contributed by atoms with Crippen molar-refractivity contribution in [1.29, 1.82) is 0 Å². The summed E-state index contributed by atoms with van der Waals surface area (Å²) in [6.07, 6.45) is 0. The summed E-state index contributed by atoms with van der Waals surface area (Å²) in [5.41, 5.74) is 3.41. The van der Waals surface area contributed by atoms with E-state index in [1.807, 2.05) is 30.8 Å². The predicted molar refractivity (Wildman–Crippen MR) is 79.2 cm³/mol. The Morgan fingerprint density at radius 3 is 2.47 bits per heavy atom. The molecular formula is C14H18BrN3O. The summed E-state index contributed by atoms with van der Waals surface area (Å²) in [6, 6.07) is 8.08. The molecule has 2 aromatic rings. The molecule has 0 unspecified atom stereocenters. The molecule has 19 heavy (non-hydrogen) atoms. The first kappa shape index (κ1) is 14.1. The number of nitrogens with one attached hydrogen (secondary N) is 1. The molecule has 102 valence electrons. The monoisotopic (exact) mass is 323 g/mol. The molecule has 0 aliphatic heterocycles. The van der Waals surface area contributed by atoms with E-state index in [9.17, 15) is 0 Å². The van der Waals surface area contributed by atoms with Crippen LogP contribution in [-0.2, 0) is 20.1 Å². The van der Waals surface area contributed by atoms with Crippen molar-refractivity contribution < 1.29 is 4.74 Å². The molecule has 1 N–H and O–H groups in total. The third kappa shape index (κ3) is 3.36. The Labute approximate surface area is 121 Å². The molecule has 0 amide bonds. The summed E-state index contributed by atoms with van der Waals surface area (Å²) >= 11 is 3.57. The zero-order valence-corrected chi connectivity index (χ0v) is 13.0. The fraction of sp³-hybridized carbons (Fsp3) is 0.357. The topological polar surface area (TPSA) is 39.1 Å². The van der Waals surface area contributed by atoms with Gasteiger partial charge in [-0.1, -0.05) is 12.1 Å². The molecule has 1 heterocycles. The van der Waals surface area contributed by atoms with Gasteiger partial charge >= 0.3 is 0 Å². The summed E-state index contributed by atoms with van der Waals surface area (Å²) in [6.45, 7) is 3.60. The van der Waals surface area contributed by atoms with E-state index in [0.717, 1.165) is 34.7 Å². The van der Waals surface area contributed by atoms with Crippen LogP contribution in [0, 0.1) is 6.92 Å². The molecule has 0 saturated carbocycles. The minimum atomic E-state index is 0.782. The zero-order chi connectivity index (χ0) is 13.8. The quantitative estimate of drug-likeness (QED) is 0.919. The highest BCUT2D eigenvalue weighted by atomic mass is 79.9. The fourth-order valence-corrected chi connectivity index (χ4v) is 2.42. The first-order chi connectivity index (χ1) is 9.11. The Morgan fingerprint density at radius 2 is 1.95 bits per heavy atom. The number of methoxy groups -OCH3 is 1. The predicted octanol–water partition coefficient (Wildman–Crippen LogP) is 2.79. The minimum Gasteiger partial charge on any atom is -0.497 e. The second-order valence-electron chi connectivity index (χ2n) is 4.42.